The Morgan fingerprint density at radius 1 is 1.22 bits per heavy atom. The molecule has 96 valence electrons. The fraction of sp³-hybridized carbons (Fsp3) is 0.462. The van der Waals surface area contributed by atoms with Crippen LogP contribution in [0.25, 0.3) is 11.5 Å². The van der Waals surface area contributed by atoms with Crippen molar-refractivity contribution in [1.82, 2.24) is 19.5 Å². The standard InChI is InChI=1S/C13H19N5/c1-5-14-12-9(3)11(16-10(4)17-12)13-15-7-8-18(13)6-2/h7-8H,5-6H2,1-4H3,(H,14,16,17). The van der Waals surface area contributed by atoms with Gasteiger partial charge in [0.25, 0.3) is 0 Å². The van der Waals surface area contributed by atoms with Gasteiger partial charge in [-0.2, -0.15) is 0 Å². The molecule has 2 aromatic rings. The van der Waals surface area contributed by atoms with E-state index in [-0.39, 0.29) is 0 Å². The molecule has 2 aromatic heterocycles. The van der Waals surface area contributed by atoms with Gasteiger partial charge in [0.15, 0.2) is 5.82 Å². The van der Waals surface area contributed by atoms with Crippen LogP contribution in [0.5, 0.6) is 0 Å². The molecule has 0 aliphatic carbocycles. The molecular formula is C13H19N5. The molecular weight excluding hydrogens is 226 g/mol. The highest BCUT2D eigenvalue weighted by Gasteiger charge is 2.14. The van der Waals surface area contributed by atoms with E-state index in [1.807, 2.05) is 26.2 Å². The monoisotopic (exact) mass is 245 g/mol. The molecule has 0 atom stereocenters. The van der Waals surface area contributed by atoms with E-state index in [0.717, 1.165) is 41.8 Å². The molecule has 0 aromatic carbocycles. The maximum Gasteiger partial charge on any atom is 0.159 e. The average molecular weight is 245 g/mol. The van der Waals surface area contributed by atoms with E-state index in [1.54, 1.807) is 0 Å². The summed E-state index contributed by atoms with van der Waals surface area (Å²) in [5, 5.41) is 3.27. The lowest BCUT2D eigenvalue weighted by atomic mass is 10.2. The highest BCUT2D eigenvalue weighted by molar-refractivity contribution is 5.63. The zero-order valence-corrected chi connectivity index (χ0v) is 11.4. The van der Waals surface area contributed by atoms with Crippen LogP contribution in [0, 0.1) is 13.8 Å². The van der Waals surface area contributed by atoms with Gasteiger partial charge in [-0.1, -0.05) is 0 Å². The number of aromatic nitrogens is 4. The molecule has 2 rings (SSSR count). The van der Waals surface area contributed by atoms with Gasteiger partial charge in [0.2, 0.25) is 0 Å². The van der Waals surface area contributed by atoms with E-state index in [4.69, 9.17) is 0 Å². The van der Waals surface area contributed by atoms with Crippen LogP contribution in [-0.4, -0.2) is 26.1 Å². The molecule has 0 bridgehead atoms. The molecule has 0 aliphatic rings. The fourth-order valence-corrected chi connectivity index (χ4v) is 1.97. The summed E-state index contributed by atoms with van der Waals surface area (Å²) in [7, 11) is 0. The van der Waals surface area contributed by atoms with Gasteiger partial charge in [-0.05, 0) is 27.7 Å². The first-order valence-electron chi connectivity index (χ1n) is 6.28. The zero-order valence-electron chi connectivity index (χ0n) is 11.4. The number of anilines is 1. The van der Waals surface area contributed by atoms with Crippen LogP contribution < -0.4 is 5.32 Å². The minimum atomic E-state index is 0.761. The molecule has 5 heteroatoms. The molecule has 0 radical (unpaired) electrons. The van der Waals surface area contributed by atoms with Gasteiger partial charge in [0.05, 0.1) is 0 Å². The number of rotatable bonds is 4. The Kier molecular flexibility index (Phi) is 3.60. The van der Waals surface area contributed by atoms with E-state index in [2.05, 4.69) is 38.7 Å². The molecule has 0 saturated carbocycles. The lowest BCUT2D eigenvalue weighted by molar-refractivity contribution is 0.765. The molecule has 0 amide bonds. The SMILES string of the molecule is CCNc1nc(C)nc(-c2nccn2CC)c1C. The predicted molar refractivity (Wildman–Crippen MR) is 72.6 cm³/mol. The summed E-state index contributed by atoms with van der Waals surface area (Å²) in [6, 6.07) is 0. The second-order valence-corrected chi connectivity index (χ2v) is 4.16. The molecule has 18 heavy (non-hydrogen) atoms. The minimum Gasteiger partial charge on any atom is -0.370 e. The highest BCUT2D eigenvalue weighted by atomic mass is 15.1. The van der Waals surface area contributed by atoms with Gasteiger partial charge in [0, 0.05) is 31.0 Å². The van der Waals surface area contributed by atoms with Crippen LogP contribution in [0.15, 0.2) is 12.4 Å². The second-order valence-electron chi connectivity index (χ2n) is 4.16. The minimum absolute atomic E-state index is 0.761. The largest absolute Gasteiger partial charge is 0.370 e. The van der Waals surface area contributed by atoms with Crippen molar-refractivity contribution in [3.8, 4) is 11.5 Å². The molecule has 0 aliphatic heterocycles. The Bertz CT molecular complexity index is 544. The first-order chi connectivity index (χ1) is 8.67. The summed E-state index contributed by atoms with van der Waals surface area (Å²) in [5.41, 5.74) is 1.95. The first-order valence-corrected chi connectivity index (χ1v) is 6.28. The molecule has 0 unspecified atom stereocenters. The summed E-state index contributed by atoms with van der Waals surface area (Å²) in [4.78, 5) is 13.4. The van der Waals surface area contributed by atoms with E-state index in [0.29, 0.717) is 0 Å². The van der Waals surface area contributed by atoms with Crippen molar-refractivity contribution < 1.29 is 0 Å². The molecule has 2 heterocycles. The van der Waals surface area contributed by atoms with Crippen molar-refractivity contribution in [2.75, 3.05) is 11.9 Å². The fourth-order valence-electron chi connectivity index (χ4n) is 1.97. The van der Waals surface area contributed by atoms with Gasteiger partial charge < -0.3 is 9.88 Å². The average Bonchev–Trinajstić information content (AvgIpc) is 2.81. The Morgan fingerprint density at radius 3 is 2.67 bits per heavy atom. The van der Waals surface area contributed by atoms with Crippen molar-refractivity contribution in [2.24, 2.45) is 0 Å². The van der Waals surface area contributed by atoms with Crippen molar-refractivity contribution in [1.29, 1.82) is 0 Å². The Morgan fingerprint density at radius 2 is 2.00 bits per heavy atom. The number of aryl methyl sites for hydroxylation is 2. The van der Waals surface area contributed by atoms with Crippen LogP contribution in [0.3, 0.4) is 0 Å². The van der Waals surface area contributed by atoms with Gasteiger partial charge in [-0.25, -0.2) is 15.0 Å². The summed E-state index contributed by atoms with van der Waals surface area (Å²) >= 11 is 0. The Hall–Kier alpha value is -1.91. The van der Waals surface area contributed by atoms with Crippen LogP contribution >= 0.6 is 0 Å². The molecule has 0 spiro atoms. The van der Waals surface area contributed by atoms with Crippen LogP contribution in [0.2, 0.25) is 0 Å². The summed E-state index contributed by atoms with van der Waals surface area (Å²) in [5.74, 6) is 2.56. The predicted octanol–water partition coefficient (Wildman–Crippen LogP) is 2.41. The quantitative estimate of drug-likeness (QED) is 0.898. The van der Waals surface area contributed by atoms with Crippen molar-refractivity contribution in [3.05, 3.63) is 23.8 Å². The summed E-state index contributed by atoms with van der Waals surface area (Å²) in [6.45, 7) is 9.82. The molecule has 0 fully saturated rings. The Labute approximate surface area is 107 Å². The molecule has 1 N–H and O–H groups in total. The second kappa shape index (κ2) is 5.16. The number of imidazole rings is 1. The van der Waals surface area contributed by atoms with E-state index < -0.39 is 0 Å². The maximum absolute atomic E-state index is 4.53. The highest BCUT2D eigenvalue weighted by Crippen LogP contribution is 2.24. The summed E-state index contributed by atoms with van der Waals surface area (Å²) < 4.78 is 2.09. The lowest BCUT2D eigenvalue weighted by Crippen LogP contribution is -2.08. The zero-order chi connectivity index (χ0) is 13.1. The summed E-state index contributed by atoms with van der Waals surface area (Å²) in [6.07, 6.45) is 3.78. The van der Waals surface area contributed by atoms with E-state index >= 15 is 0 Å². The van der Waals surface area contributed by atoms with Crippen molar-refractivity contribution in [2.45, 2.75) is 34.2 Å². The Balaban J connectivity index is 2.57. The van der Waals surface area contributed by atoms with Crippen molar-refractivity contribution in [3.63, 3.8) is 0 Å². The van der Waals surface area contributed by atoms with Crippen LogP contribution in [0.1, 0.15) is 25.2 Å². The lowest BCUT2D eigenvalue weighted by Gasteiger charge is -2.12. The van der Waals surface area contributed by atoms with Crippen LogP contribution in [-0.2, 0) is 6.54 Å². The normalized spacial score (nSPS) is 10.7. The third kappa shape index (κ3) is 2.20. The number of hydrogen-bond donors (Lipinski definition) is 1. The number of nitrogens with zero attached hydrogens (tertiary/aromatic N) is 4. The first kappa shape index (κ1) is 12.5. The number of hydrogen-bond acceptors (Lipinski definition) is 4. The smallest absolute Gasteiger partial charge is 0.159 e. The van der Waals surface area contributed by atoms with Crippen LogP contribution in [0.4, 0.5) is 5.82 Å². The van der Waals surface area contributed by atoms with Crippen molar-refractivity contribution >= 4 is 5.82 Å². The van der Waals surface area contributed by atoms with E-state index in [1.165, 1.54) is 0 Å². The van der Waals surface area contributed by atoms with E-state index in [9.17, 15) is 0 Å². The maximum atomic E-state index is 4.53. The molecule has 5 nitrogen and oxygen atoms in total. The van der Waals surface area contributed by atoms with Gasteiger partial charge in [-0.3, -0.25) is 0 Å². The van der Waals surface area contributed by atoms with Gasteiger partial charge >= 0.3 is 0 Å². The number of nitrogens with one attached hydrogen (secondary N) is 1. The topological polar surface area (TPSA) is 55.6 Å². The molecule has 0 saturated heterocycles. The van der Waals surface area contributed by atoms with Gasteiger partial charge in [-0.15, -0.1) is 0 Å². The third-order valence-corrected chi connectivity index (χ3v) is 2.87. The van der Waals surface area contributed by atoms with Gasteiger partial charge in [0.1, 0.15) is 17.3 Å². The third-order valence-electron chi connectivity index (χ3n) is 2.87.